The average molecular weight is 263 g/mol. The first-order valence-corrected chi connectivity index (χ1v) is 7.40. The Morgan fingerprint density at radius 1 is 0.947 bits per heavy atom. The van der Waals surface area contributed by atoms with Crippen LogP contribution in [0.1, 0.15) is 53.0 Å². The summed E-state index contributed by atoms with van der Waals surface area (Å²) < 4.78 is 6.10. The number of benzene rings is 1. The molecule has 0 aromatic heterocycles. The Balaban J connectivity index is 2.63. The van der Waals surface area contributed by atoms with Crippen LogP contribution < -0.4 is 10.1 Å². The van der Waals surface area contributed by atoms with Gasteiger partial charge in [0.2, 0.25) is 0 Å². The van der Waals surface area contributed by atoms with Gasteiger partial charge in [-0.25, -0.2) is 0 Å². The van der Waals surface area contributed by atoms with Crippen molar-refractivity contribution in [1.29, 1.82) is 0 Å². The Kier molecular flexibility index (Phi) is 6.36. The Labute approximate surface area is 118 Å². The van der Waals surface area contributed by atoms with Crippen molar-refractivity contribution >= 4 is 0 Å². The second kappa shape index (κ2) is 7.54. The maximum Gasteiger partial charge on any atom is 0.119 e. The van der Waals surface area contributed by atoms with Gasteiger partial charge < -0.3 is 10.1 Å². The first-order chi connectivity index (χ1) is 8.90. The first kappa shape index (κ1) is 16.0. The molecule has 19 heavy (non-hydrogen) atoms. The number of hydrogen-bond donors (Lipinski definition) is 1. The van der Waals surface area contributed by atoms with E-state index in [-0.39, 0.29) is 6.10 Å². The molecular weight excluding hydrogens is 234 g/mol. The number of hydrogen-bond acceptors (Lipinski definition) is 2. The quantitative estimate of drug-likeness (QED) is 0.795. The van der Waals surface area contributed by atoms with Crippen LogP contribution in [0.25, 0.3) is 0 Å². The fraction of sp³-hybridized carbons (Fsp3) is 0.647. The van der Waals surface area contributed by atoms with Gasteiger partial charge in [-0.05, 0) is 29.5 Å². The maximum absolute atomic E-state index is 6.10. The molecule has 0 fully saturated rings. The monoisotopic (exact) mass is 263 g/mol. The molecule has 0 saturated heterocycles. The molecular formula is C17H29NO. The van der Waals surface area contributed by atoms with E-state index in [1.807, 2.05) is 0 Å². The minimum atomic E-state index is 0.215. The molecule has 0 radical (unpaired) electrons. The minimum absolute atomic E-state index is 0.215. The van der Waals surface area contributed by atoms with Crippen molar-refractivity contribution in [2.75, 3.05) is 6.54 Å². The zero-order valence-electron chi connectivity index (χ0n) is 13.2. The molecule has 1 N–H and O–H groups in total. The van der Waals surface area contributed by atoms with Gasteiger partial charge in [-0.15, -0.1) is 0 Å². The molecule has 2 nitrogen and oxygen atoms in total. The van der Waals surface area contributed by atoms with E-state index in [0.29, 0.717) is 17.9 Å². The van der Waals surface area contributed by atoms with Gasteiger partial charge in [0.05, 0.1) is 0 Å². The molecule has 1 unspecified atom stereocenters. The van der Waals surface area contributed by atoms with Crippen LogP contribution in [-0.2, 0) is 0 Å². The lowest BCUT2D eigenvalue weighted by Crippen LogP contribution is -2.38. The van der Waals surface area contributed by atoms with E-state index >= 15 is 0 Å². The molecule has 108 valence electrons. The third-order valence-electron chi connectivity index (χ3n) is 3.31. The Hall–Kier alpha value is -1.02. The molecule has 1 rings (SSSR count). The lowest BCUT2D eigenvalue weighted by molar-refractivity contribution is 0.146. The van der Waals surface area contributed by atoms with Gasteiger partial charge in [0, 0.05) is 12.6 Å². The molecule has 0 aliphatic carbocycles. The molecule has 1 atom stereocenters. The van der Waals surface area contributed by atoms with Crippen molar-refractivity contribution < 1.29 is 4.74 Å². The van der Waals surface area contributed by atoms with E-state index in [1.54, 1.807) is 0 Å². The van der Waals surface area contributed by atoms with E-state index in [9.17, 15) is 0 Å². The normalized spacial score (nSPS) is 13.3. The van der Waals surface area contributed by atoms with Gasteiger partial charge in [0.1, 0.15) is 11.9 Å². The Morgan fingerprint density at radius 3 is 1.95 bits per heavy atom. The van der Waals surface area contributed by atoms with Crippen LogP contribution in [0, 0.1) is 5.92 Å². The maximum atomic E-state index is 6.10. The molecule has 0 aliphatic rings. The van der Waals surface area contributed by atoms with Crippen LogP contribution in [0.5, 0.6) is 5.75 Å². The zero-order valence-corrected chi connectivity index (χ0v) is 13.2. The van der Waals surface area contributed by atoms with E-state index in [2.05, 4.69) is 71.1 Å². The van der Waals surface area contributed by atoms with Crippen LogP contribution in [0.4, 0.5) is 0 Å². The standard InChI is InChI=1S/C17H29NO/c1-12(2)15-7-9-16(10-8-15)19-17(13(3)4)11-18-14(5)6/h7-10,12-14,17-18H,11H2,1-6H3. The van der Waals surface area contributed by atoms with Gasteiger partial charge >= 0.3 is 0 Å². The summed E-state index contributed by atoms with van der Waals surface area (Å²) in [4.78, 5) is 0. The van der Waals surface area contributed by atoms with Gasteiger partial charge in [-0.1, -0.05) is 53.7 Å². The molecule has 1 aromatic carbocycles. The van der Waals surface area contributed by atoms with Crippen molar-refractivity contribution in [3.8, 4) is 5.75 Å². The summed E-state index contributed by atoms with van der Waals surface area (Å²) in [6.07, 6.45) is 0.215. The van der Waals surface area contributed by atoms with Gasteiger partial charge in [0.15, 0.2) is 0 Å². The molecule has 0 spiro atoms. The lowest BCUT2D eigenvalue weighted by Gasteiger charge is -2.24. The highest BCUT2D eigenvalue weighted by Gasteiger charge is 2.15. The number of rotatable bonds is 7. The van der Waals surface area contributed by atoms with Crippen LogP contribution in [-0.4, -0.2) is 18.7 Å². The van der Waals surface area contributed by atoms with Crippen LogP contribution in [0.3, 0.4) is 0 Å². The fourth-order valence-electron chi connectivity index (χ4n) is 1.87. The van der Waals surface area contributed by atoms with Gasteiger partial charge in [0.25, 0.3) is 0 Å². The van der Waals surface area contributed by atoms with Crippen molar-refractivity contribution in [3.05, 3.63) is 29.8 Å². The van der Waals surface area contributed by atoms with E-state index in [4.69, 9.17) is 4.74 Å². The second-order valence-electron chi connectivity index (χ2n) is 6.19. The summed E-state index contributed by atoms with van der Waals surface area (Å²) in [7, 11) is 0. The Bertz CT molecular complexity index is 354. The van der Waals surface area contributed by atoms with Crippen molar-refractivity contribution in [3.63, 3.8) is 0 Å². The Morgan fingerprint density at radius 2 is 1.53 bits per heavy atom. The van der Waals surface area contributed by atoms with Crippen molar-refractivity contribution in [2.24, 2.45) is 5.92 Å². The summed E-state index contributed by atoms with van der Waals surface area (Å²) in [5, 5.41) is 3.45. The van der Waals surface area contributed by atoms with Crippen molar-refractivity contribution in [2.45, 2.75) is 59.6 Å². The van der Waals surface area contributed by atoms with Crippen LogP contribution in [0.2, 0.25) is 0 Å². The summed E-state index contributed by atoms with van der Waals surface area (Å²) in [5.74, 6) is 2.03. The summed E-state index contributed by atoms with van der Waals surface area (Å²) >= 11 is 0. The van der Waals surface area contributed by atoms with Crippen LogP contribution >= 0.6 is 0 Å². The zero-order chi connectivity index (χ0) is 14.4. The molecule has 0 heterocycles. The minimum Gasteiger partial charge on any atom is -0.489 e. The fourth-order valence-corrected chi connectivity index (χ4v) is 1.87. The highest BCUT2D eigenvalue weighted by Crippen LogP contribution is 2.20. The molecule has 2 heteroatoms. The van der Waals surface area contributed by atoms with Crippen LogP contribution in [0.15, 0.2) is 24.3 Å². The largest absolute Gasteiger partial charge is 0.489 e. The van der Waals surface area contributed by atoms with Gasteiger partial charge in [-0.2, -0.15) is 0 Å². The van der Waals surface area contributed by atoms with Gasteiger partial charge in [-0.3, -0.25) is 0 Å². The highest BCUT2D eigenvalue weighted by atomic mass is 16.5. The topological polar surface area (TPSA) is 21.3 Å². The molecule has 0 aliphatic heterocycles. The average Bonchev–Trinajstić information content (AvgIpc) is 2.34. The smallest absolute Gasteiger partial charge is 0.119 e. The predicted molar refractivity (Wildman–Crippen MR) is 82.9 cm³/mol. The lowest BCUT2D eigenvalue weighted by atomic mass is 10.0. The first-order valence-electron chi connectivity index (χ1n) is 7.40. The third kappa shape index (κ3) is 5.65. The van der Waals surface area contributed by atoms with E-state index < -0.39 is 0 Å². The SMILES string of the molecule is CC(C)NCC(Oc1ccc(C(C)C)cc1)C(C)C. The molecule has 0 amide bonds. The molecule has 0 saturated carbocycles. The van der Waals surface area contributed by atoms with E-state index in [1.165, 1.54) is 5.56 Å². The van der Waals surface area contributed by atoms with Crippen molar-refractivity contribution in [1.82, 2.24) is 5.32 Å². The molecule has 0 bridgehead atoms. The predicted octanol–water partition coefficient (Wildman–Crippen LogP) is 4.21. The summed E-state index contributed by atoms with van der Waals surface area (Å²) in [6, 6.07) is 8.98. The highest BCUT2D eigenvalue weighted by molar-refractivity contribution is 5.29. The van der Waals surface area contributed by atoms with E-state index in [0.717, 1.165) is 12.3 Å². The third-order valence-corrected chi connectivity index (χ3v) is 3.31. The summed E-state index contributed by atoms with van der Waals surface area (Å²) in [6.45, 7) is 14.0. The second-order valence-corrected chi connectivity index (χ2v) is 6.19. The number of nitrogens with one attached hydrogen (secondary N) is 1. The summed E-state index contributed by atoms with van der Waals surface area (Å²) in [5.41, 5.74) is 1.36. The number of ether oxygens (including phenoxy) is 1. The molecule has 1 aromatic rings.